The topological polar surface area (TPSA) is 38.8 Å². The van der Waals surface area contributed by atoms with Crippen LogP contribution in [0.4, 0.5) is 0 Å². The van der Waals surface area contributed by atoms with Gasteiger partial charge in [-0.05, 0) is 18.2 Å². The Morgan fingerprint density at radius 1 is 1.35 bits per heavy atom. The van der Waals surface area contributed by atoms with Crippen LogP contribution in [0.5, 0.6) is 5.75 Å². The maximum Gasteiger partial charge on any atom is 0.257 e. The minimum absolute atomic E-state index is 0.0845. The van der Waals surface area contributed by atoms with Crippen LogP contribution in [0, 0.1) is 0 Å². The van der Waals surface area contributed by atoms with Gasteiger partial charge in [-0.25, -0.2) is 0 Å². The second-order valence-electron chi connectivity index (χ2n) is 3.68. The first-order valence-electron chi connectivity index (χ1n) is 5.19. The smallest absolute Gasteiger partial charge is 0.257 e. The number of nitrogens with zero attached hydrogens (tertiary/aromatic N) is 1. The van der Waals surface area contributed by atoms with Crippen LogP contribution in [0.15, 0.2) is 22.7 Å². The lowest BCUT2D eigenvalue weighted by Crippen LogP contribution is -2.22. The highest BCUT2D eigenvalue weighted by molar-refractivity contribution is 9.10. The first-order valence-corrected chi connectivity index (χ1v) is 5.98. The van der Waals surface area contributed by atoms with E-state index in [0.717, 1.165) is 4.47 Å². The van der Waals surface area contributed by atoms with E-state index in [9.17, 15) is 4.79 Å². The van der Waals surface area contributed by atoms with Crippen molar-refractivity contribution in [1.82, 2.24) is 4.90 Å². The van der Waals surface area contributed by atoms with E-state index in [-0.39, 0.29) is 5.91 Å². The number of hydrogen-bond donors (Lipinski definition) is 0. The molecule has 0 spiro atoms. The maximum atomic E-state index is 11.9. The van der Waals surface area contributed by atoms with E-state index in [2.05, 4.69) is 15.9 Å². The average molecular weight is 302 g/mol. The largest absolute Gasteiger partial charge is 0.490 e. The summed E-state index contributed by atoms with van der Waals surface area (Å²) in [4.78, 5) is 13.5. The Balaban J connectivity index is 2.91. The predicted octanol–water partition coefficient (Wildman–Crippen LogP) is 2.18. The Morgan fingerprint density at radius 2 is 2.06 bits per heavy atom. The number of carbonyl (C=O) groups excluding carboxylic acids is 1. The molecule has 0 saturated heterocycles. The fourth-order valence-electron chi connectivity index (χ4n) is 1.27. The second kappa shape index (κ2) is 6.61. The molecule has 0 bridgehead atoms. The van der Waals surface area contributed by atoms with E-state index in [1.807, 2.05) is 6.07 Å². The molecule has 1 rings (SSSR count). The van der Waals surface area contributed by atoms with E-state index in [4.69, 9.17) is 9.47 Å². The van der Waals surface area contributed by atoms with Gasteiger partial charge in [-0.1, -0.05) is 15.9 Å². The quantitative estimate of drug-likeness (QED) is 0.783. The molecule has 0 fully saturated rings. The lowest BCUT2D eigenvalue weighted by atomic mass is 10.2. The molecule has 0 atom stereocenters. The molecule has 94 valence electrons. The van der Waals surface area contributed by atoms with Gasteiger partial charge >= 0.3 is 0 Å². The number of ether oxygens (including phenoxy) is 2. The van der Waals surface area contributed by atoms with Gasteiger partial charge in [0.1, 0.15) is 12.4 Å². The van der Waals surface area contributed by atoms with Crippen LogP contribution in [-0.2, 0) is 4.74 Å². The molecule has 5 heteroatoms. The Bertz CT molecular complexity index is 393. The van der Waals surface area contributed by atoms with E-state index in [0.29, 0.717) is 24.5 Å². The molecule has 0 N–H and O–H groups in total. The predicted molar refractivity (Wildman–Crippen MR) is 69.5 cm³/mol. The first kappa shape index (κ1) is 14.0. The molecular formula is C12H16BrNO3. The van der Waals surface area contributed by atoms with Crippen molar-refractivity contribution >= 4 is 21.8 Å². The van der Waals surface area contributed by atoms with Crippen LogP contribution in [-0.4, -0.2) is 45.2 Å². The molecule has 0 saturated carbocycles. The third kappa shape index (κ3) is 4.02. The maximum absolute atomic E-state index is 11.9. The van der Waals surface area contributed by atoms with Crippen molar-refractivity contribution in [2.24, 2.45) is 0 Å². The highest BCUT2D eigenvalue weighted by atomic mass is 79.9. The first-order chi connectivity index (χ1) is 8.06. The van der Waals surface area contributed by atoms with Gasteiger partial charge in [0.2, 0.25) is 0 Å². The summed E-state index contributed by atoms with van der Waals surface area (Å²) < 4.78 is 11.3. The molecule has 0 aliphatic carbocycles. The highest BCUT2D eigenvalue weighted by Gasteiger charge is 2.14. The average Bonchev–Trinajstić information content (AvgIpc) is 2.30. The summed E-state index contributed by atoms with van der Waals surface area (Å²) in [5.74, 6) is 0.489. The van der Waals surface area contributed by atoms with Crippen molar-refractivity contribution in [2.45, 2.75) is 0 Å². The minimum atomic E-state index is -0.0845. The summed E-state index contributed by atoms with van der Waals surface area (Å²) in [5, 5.41) is 0. The van der Waals surface area contributed by atoms with Gasteiger partial charge < -0.3 is 14.4 Å². The van der Waals surface area contributed by atoms with Crippen molar-refractivity contribution in [3.8, 4) is 5.75 Å². The van der Waals surface area contributed by atoms with Crippen LogP contribution in [0.25, 0.3) is 0 Å². The second-order valence-corrected chi connectivity index (χ2v) is 4.60. The lowest BCUT2D eigenvalue weighted by Gasteiger charge is -2.15. The van der Waals surface area contributed by atoms with Crippen molar-refractivity contribution in [2.75, 3.05) is 34.4 Å². The van der Waals surface area contributed by atoms with E-state index in [1.54, 1.807) is 33.3 Å². The van der Waals surface area contributed by atoms with Gasteiger partial charge in [0, 0.05) is 25.7 Å². The van der Waals surface area contributed by atoms with Crippen LogP contribution in [0.1, 0.15) is 10.4 Å². The van der Waals surface area contributed by atoms with Crippen molar-refractivity contribution in [3.63, 3.8) is 0 Å². The monoisotopic (exact) mass is 301 g/mol. The Kier molecular flexibility index (Phi) is 5.44. The molecule has 0 aliphatic rings. The van der Waals surface area contributed by atoms with Gasteiger partial charge in [-0.15, -0.1) is 0 Å². The Hall–Kier alpha value is -1.07. The van der Waals surface area contributed by atoms with Gasteiger partial charge in [0.05, 0.1) is 12.2 Å². The molecule has 0 radical (unpaired) electrons. The third-order valence-electron chi connectivity index (χ3n) is 2.12. The van der Waals surface area contributed by atoms with E-state index in [1.165, 1.54) is 4.90 Å². The van der Waals surface area contributed by atoms with Gasteiger partial charge in [0.25, 0.3) is 5.91 Å². The SMILES string of the molecule is COCCOc1ccc(Br)cc1C(=O)N(C)C. The van der Waals surface area contributed by atoms with Crippen molar-refractivity contribution < 1.29 is 14.3 Å². The molecule has 0 aliphatic heterocycles. The van der Waals surface area contributed by atoms with Gasteiger partial charge in [-0.2, -0.15) is 0 Å². The van der Waals surface area contributed by atoms with Gasteiger partial charge in [-0.3, -0.25) is 4.79 Å². The van der Waals surface area contributed by atoms with Crippen LogP contribution >= 0.6 is 15.9 Å². The number of amides is 1. The molecule has 4 nitrogen and oxygen atoms in total. The molecule has 0 aromatic heterocycles. The normalized spacial score (nSPS) is 10.1. The molecular weight excluding hydrogens is 286 g/mol. The number of benzene rings is 1. The lowest BCUT2D eigenvalue weighted by molar-refractivity contribution is 0.0820. The summed E-state index contributed by atoms with van der Waals surface area (Å²) >= 11 is 3.34. The third-order valence-corrected chi connectivity index (χ3v) is 2.62. The highest BCUT2D eigenvalue weighted by Crippen LogP contribution is 2.24. The molecule has 1 aromatic carbocycles. The minimum Gasteiger partial charge on any atom is -0.490 e. The summed E-state index contributed by atoms with van der Waals surface area (Å²) in [7, 11) is 5.03. The number of carbonyl (C=O) groups is 1. The van der Waals surface area contributed by atoms with Crippen molar-refractivity contribution in [1.29, 1.82) is 0 Å². The van der Waals surface area contributed by atoms with Crippen LogP contribution < -0.4 is 4.74 Å². The van der Waals surface area contributed by atoms with E-state index < -0.39 is 0 Å². The summed E-state index contributed by atoms with van der Waals surface area (Å²) in [6, 6.07) is 5.37. The van der Waals surface area contributed by atoms with E-state index >= 15 is 0 Å². The number of methoxy groups -OCH3 is 1. The fraction of sp³-hybridized carbons (Fsp3) is 0.417. The molecule has 1 aromatic rings. The molecule has 0 heterocycles. The molecule has 1 amide bonds. The number of halogens is 1. The number of hydrogen-bond acceptors (Lipinski definition) is 3. The Morgan fingerprint density at radius 3 is 2.65 bits per heavy atom. The Labute approximate surface area is 110 Å². The van der Waals surface area contributed by atoms with Crippen LogP contribution in [0.2, 0.25) is 0 Å². The zero-order valence-electron chi connectivity index (χ0n) is 10.2. The number of rotatable bonds is 5. The summed E-state index contributed by atoms with van der Waals surface area (Å²) in [5.41, 5.74) is 0.542. The fourth-order valence-corrected chi connectivity index (χ4v) is 1.63. The zero-order chi connectivity index (χ0) is 12.8. The summed E-state index contributed by atoms with van der Waals surface area (Å²) in [6.07, 6.45) is 0. The summed E-state index contributed by atoms with van der Waals surface area (Å²) in [6.45, 7) is 0.914. The zero-order valence-corrected chi connectivity index (χ0v) is 11.8. The van der Waals surface area contributed by atoms with Crippen LogP contribution in [0.3, 0.4) is 0 Å². The molecule has 0 unspecified atom stereocenters. The van der Waals surface area contributed by atoms with Crippen molar-refractivity contribution in [3.05, 3.63) is 28.2 Å². The van der Waals surface area contributed by atoms with Gasteiger partial charge in [0.15, 0.2) is 0 Å². The standard InChI is InChI=1S/C12H16BrNO3/c1-14(2)12(15)10-8-9(13)4-5-11(10)17-7-6-16-3/h4-5,8H,6-7H2,1-3H3. The molecule has 17 heavy (non-hydrogen) atoms.